The van der Waals surface area contributed by atoms with Gasteiger partial charge in [0.2, 0.25) is 0 Å². The molecular weight excluding hydrogens is 329 g/mol. The molecule has 24 heavy (non-hydrogen) atoms. The van der Waals surface area contributed by atoms with Crippen LogP contribution in [0.3, 0.4) is 0 Å². The van der Waals surface area contributed by atoms with E-state index >= 15 is 0 Å². The molecule has 2 aromatic carbocycles. The van der Waals surface area contributed by atoms with E-state index in [0.29, 0.717) is 11.3 Å². The third-order valence-corrected chi connectivity index (χ3v) is 5.50. The van der Waals surface area contributed by atoms with E-state index in [0.717, 1.165) is 0 Å². The number of sulfone groups is 1. The number of anilines is 1. The highest BCUT2D eigenvalue weighted by molar-refractivity contribution is 7.91. The molecule has 0 fully saturated rings. The molecule has 2 rings (SSSR count). The Morgan fingerprint density at radius 2 is 1.88 bits per heavy atom. The topological polar surface area (TPSA) is 63.2 Å². The van der Waals surface area contributed by atoms with Gasteiger partial charge in [0, 0.05) is 11.3 Å². The Bertz CT molecular complexity index is 860. The number of amides is 1. The van der Waals surface area contributed by atoms with Crippen LogP contribution in [0, 0.1) is 18.7 Å². The summed E-state index contributed by atoms with van der Waals surface area (Å²) in [5.74, 6) is -0.776. The monoisotopic (exact) mass is 349 g/mol. The Balaban J connectivity index is 2.24. The van der Waals surface area contributed by atoms with E-state index in [1.807, 2.05) is 13.8 Å². The number of carbonyl (C=O) groups is 1. The van der Waals surface area contributed by atoms with E-state index in [4.69, 9.17) is 0 Å². The van der Waals surface area contributed by atoms with Crippen molar-refractivity contribution < 1.29 is 17.6 Å². The van der Waals surface area contributed by atoms with E-state index in [1.54, 1.807) is 13.0 Å². The van der Waals surface area contributed by atoms with E-state index in [9.17, 15) is 17.6 Å². The zero-order valence-electron chi connectivity index (χ0n) is 13.8. The molecule has 0 unspecified atom stereocenters. The number of aryl methyl sites for hydroxylation is 1. The molecule has 0 saturated heterocycles. The fourth-order valence-electron chi connectivity index (χ4n) is 2.29. The summed E-state index contributed by atoms with van der Waals surface area (Å²) >= 11 is 0. The van der Waals surface area contributed by atoms with E-state index in [2.05, 4.69) is 5.32 Å². The first-order valence-corrected chi connectivity index (χ1v) is 9.24. The van der Waals surface area contributed by atoms with Gasteiger partial charge in [-0.15, -0.1) is 0 Å². The molecule has 1 N–H and O–H groups in total. The van der Waals surface area contributed by atoms with Crippen LogP contribution in [0.25, 0.3) is 0 Å². The van der Waals surface area contributed by atoms with Crippen LogP contribution in [0.2, 0.25) is 0 Å². The van der Waals surface area contributed by atoms with E-state index < -0.39 is 15.7 Å². The molecule has 1 amide bonds. The smallest absolute Gasteiger partial charge is 0.255 e. The lowest BCUT2D eigenvalue weighted by Crippen LogP contribution is -2.15. The highest BCUT2D eigenvalue weighted by Gasteiger charge is 2.18. The Hall–Kier alpha value is -2.21. The molecule has 0 saturated carbocycles. The summed E-state index contributed by atoms with van der Waals surface area (Å²) in [6.45, 7) is 5.25. The van der Waals surface area contributed by atoms with Gasteiger partial charge in [-0.05, 0) is 54.8 Å². The number of hydrogen-bond donors (Lipinski definition) is 1. The largest absolute Gasteiger partial charge is 0.322 e. The predicted molar refractivity (Wildman–Crippen MR) is 92.4 cm³/mol. The molecule has 0 aromatic heterocycles. The summed E-state index contributed by atoms with van der Waals surface area (Å²) in [6, 6.07) is 10.2. The quantitative estimate of drug-likeness (QED) is 0.893. The zero-order valence-corrected chi connectivity index (χ0v) is 14.7. The second-order valence-corrected chi connectivity index (χ2v) is 8.16. The third kappa shape index (κ3) is 4.41. The molecule has 0 spiro atoms. The second-order valence-electron chi connectivity index (χ2n) is 6.12. The molecule has 4 nitrogen and oxygen atoms in total. The number of halogens is 1. The van der Waals surface area contributed by atoms with Crippen LogP contribution in [0.5, 0.6) is 0 Å². The van der Waals surface area contributed by atoms with Crippen molar-refractivity contribution in [2.45, 2.75) is 25.7 Å². The Kier molecular flexibility index (Phi) is 5.39. The molecule has 0 atom stereocenters. The summed E-state index contributed by atoms with van der Waals surface area (Å²) in [6.07, 6.45) is 0. The lowest BCUT2D eigenvalue weighted by Gasteiger charge is -2.10. The molecule has 0 heterocycles. The normalized spacial score (nSPS) is 11.5. The number of benzene rings is 2. The van der Waals surface area contributed by atoms with Crippen LogP contribution >= 0.6 is 0 Å². The van der Waals surface area contributed by atoms with E-state index in [1.165, 1.54) is 36.4 Å². The molecule has 128 valence electrons. The summed E-state index contributed by atoms with van der Waals surface area (Å²) in [7, 11) is -3.43. The highest BCUT2D eigenvalue weighted by atomic mass is 32.2. The van der Waals surface area contributed by atoms with Crippen molar-refractivity contribution in [1.29, 1.82) is 0 Å². The van der Waals surface area contributed by atoms with Crippen LogP contribution in [0.4, 0.5) is 10.1 Å². The summed E-state index contributed by atoms with van der Waals surface area (Å²) in [5, 5.41) is 2.65. The number of hydrogen-bond acceptors (Lipinski definition) is 3. The van der Waals surface area contributed by atoms with Gasteiger partial charge in [0.05, 0.1) is 10.6 Å². The van der Waals surface area contributed by atoms with Gasteiger partial charge in [-0.2, -0.15) is 0 Å². The minimum absolute atomic E-state index is 0.00493. The van der Waals surface area contributed by atoms with Crippen molar-refractivity contribution in [3.63, 3.8) is 0 Å². The molecule has 2 aromatic rings. The molecule has 0 aliphatic carbocycles. The third-order valence-electron chi connectivity index (χ3n) is 3.42. The maximum atomic E-state index is 13.3. The summed E-state index contributed by atoms with van der Waals surface area (Å²) in [4.78, 5) is 12.4. The van der Waals surface area contributed by atoms with Gasteiger partial charge >= 0.3 is 0 Å². The second kappa shape index (κ2) is 7.13. The van der Waals surface area contributed by atoms with Gasteiger partial charge in [0.1, 0.15) is 5.82 Å². The Morgan fingerprint density at radius 1 is 1.17 bits per heavy atom. The van der Waals surface area contributed by atoms with Gasteiger partial charge in [-0.3, -0.25) is 4.79 Å². The first-order valence-electron chi connectivity index (χ1n) is 7.59. The van der Waals surface area contributed by atoms with Crippen molar-refractivity contribution in [2.75, 3.05) is 11.1 Å². The standard InChI is InChI=1S/C18H20FNO3S/c1-12(2)11-24(22,23)16-6-4-5-14(10-16)18(21)20-15-7-8-17(19)13(3)9-15/h4-10,12H,11H2,1-3H3,(H,20,21). The molecule has 6 heteroatoms. The molecule has 0 radical (unpaired) electrons. The maximum Gasteiger partial charge on any atom is 0.255 e. The van der Waals surface area contributed by atoms with Crippen molar-refractivity contribution in [1.82, 2.24) is 0 Å². The Morgan fingerprint density at radius 3 is 2.50 bits per heavy atom. The molecule has 0 aliphatic heterocycles. The van der Waals surface area contributed by atoms with Gasteiger partial charge in [0.25, 0.3) is 5.91 Å². The predicted octanol–water partition coefficient (Wildman–Crippen LogP) is 3.82. The molecular formula is C18H20FNO3S. The average molecular weight is 349 g/mol. The average Bonchev–Trinajstić information content (AvgIpc) is 2.50. The van der Waals surface area contributed by atoms with Crippen LogP contribution in [0.15, 0.2) is 47.4 Å². The van der Waals surface area contributed by atoms with Gasteiger partial charge in [-0.25, -0.2) is 12.8 Å². The molecule has 0 bridgehead atoms. The summed E-state index contributed by atoms with van der Waals surface area (Å²) < 4.78 is 37.8. The summed E-state index contributed by atoms with van der Waals surface area (Å²) in [5.41, 5.74) is 1.11. The first-order chi connectivity index (χ1) is 11.2. The van der Waals surface area contributed by atoms with Crippen molar-refractivity contribution >= 4 is 21.4 Å². The minimum Gasteiger partial charge on any atom is -0.322 e. The van der Waals surface area contributed by atoms with Crippen LogP contribution in [0.1, 0.15) is 29.8 Å². The SMILES string of the molecule is Cc1cc(NC(=O)c2cccc(S(=O)(=O)CC(C)C)c2)ccc1F. The van der Waals surface area contributed by atoms with Crippen molar-refractivity contribution in [3.05, 3.63) is 59.4 Å². The zero-order chi connectivity index (χ0) is 17.9. The number of nitrogens with one attached hydrogen (secondary N) is 1. The van der Waals surface area contributed by atoms with Gasteiger partial charge in [0.15, 0.2) is 9.84 Å². The number of carbonyl (C=O) groups excluding carboxylic acids is 1. The lowest BCUT2D eigenvalue weighted by atomic mass is 10.2. The van der Waals surface area contributed by atoms with E-state index in [-0.39, 0.29) is 27.9 Å². The maximum absolute atomic E-state index is 13.3. The number of rotatable bonds is 5. The van der Waals surface area contributed by atoms with Gasteiger partial charge in [-0.1, -0.05) is 19.9 Å². The fraction of sp³-hybridized carbons (Fsp3) is 0.278. The molecule has 0 aliphatic rings. The van der Waals surface area contributed by atoms with Gasteiger partial charge < -0.3 is 5.32 Å². The minimum atomic E-state index is -3.43. The first kappa shape index (κ1) is 18.1. The lowest BCUT2D eigenvalue weighted by molar-refractivity contribution is 0.102. The fourth-order valence-corrected chi connectivity index (χ4v) is 3.95. The van der Waals surface area contributed by atoms with Crippen LogP contribution in [-0.2, 0) is 9.84 Å². The Labute approximate surface area is 141 Å². The highest BCUT2D eigenvalue weighted by Crippen LogP contribution is 2.18. The van der Waals surface area contributed by atoms with Crippen LogP contribution in [-0.4, -0.2) is 20.1 Å². The van der Waals surface area contributed by atoms with Crippen molar-refractivity contribution in [2.24, 2.45) is 5.92 Å². The van der Waals surface area contributed by atoms with Crippen molar-refractivity contribution in [3.8, 4) is 0 Å². The van der Waals surface area contributed by atoms with Crippen LogP contribution < -0.4 is 5.32 Å².